The molecule has 0 saturated heterocycles. The molecule has 0 aliphatic heterocycles. The number of nitrogens with one attached hydrogen (secondary N) is 1. The van der Waals surface area contributed by atoms with Crippen molar-refractivity contribution in [3.8, 4) is 5.75 Å². The van der Waals surface area contributed by atoms with Gasteiger partial charge in [-0.25, -0.2) is 4.39 Å². The van der Waals surface area contributed by atoms with Crippen molar-refractivity contribution in [3.63, 3.8) is 0 Å². The first-order chi connectivity index (χ1) is 11.6. The van der Waals surface area contributed by atoms with E-state index in [9.17, 15) is 9.18 Å². The molecule has 0 spiro atoms. The number of amides is 1. The molecule has 1 aromatic carbocycles. The maximum Gasteiger partial charge on any atom is 0.266 e. The molecule has 0 aliphatic rings. The molecule has 1 amide bonds. The van der Waals surface area contributed by atoms with Crippen LogP contribution in [0.15, 0.2) is 40.2 Å². The Hall–Kier alpha value is -2.74. The number of aromatic nitrogens is 2. The molecule has 2 aromatic heterocycles. The van der Waals surface area contributed by atoms with Crippen LogP contribution in [0.2, 0.25) is 0 Å². The van der Waals surface area contributed by atoms with Crippen molar-refractivity contribution in [1.29, 1.82) is 0 Å². The van der Waals surface area contributed by atoms with Gasteiger partial charge in [-0.2, -0.15) is 4.98 Å². The lowest BCUT2D eigenvalue weighted by molar-refractivity contribution is 0.0942. The average molecular weight is 347 g/mol. The third-order valence-corrected chi connectivity index (χ3v) is 4.24. The fourth-order valence-corrected chi connectivity index (χ4v) is 3.00. The zero-order valence-electron chi connectivity index (χ0n) is 12.9. The van der Waals surface area contributed by atoms with Crippen molar-refractivity contribution >= 4 is 17.2 Å². The van der Waals surface area contributed by atoms with Crippen molar-refractivity contribution in [2.24, 2.45) is 0 Å². The summed E-state index contributed by atoms with van der Waals surface area (Å²) in [6, 6.07) is 6.95. The topological polar surface area (TPSA) is 77.2 Å². The Morgan fingerprint density at radius 3 is 2.83 bits per heavy atom. The number of carbonyl (C=O) groups excluding carboxylic acids is 1. The van der Waals surface area contributed by atoms with Crippen LogP contribution in [0.5, 0.6) is 5.75 Å². The zero-order valence-corrected chi connectivity index (χ0v) is 13.8. The zero-order chi connectivity index (χ0) is 17.1. The number of nitrogens with zero attached hydrogens (tertiary/aromatic N) is 2. The molecular formula is C16H14FN3O3S. The van der Waals surface area contributed by atoms with Gasteiger partial charge >= 0.3 is 0 Å². The smallest absolute Gasteiger partial charge is 0.266 e. The minimum atomic E-state index is -0.872. The van der Waals surface area contributed by atoms with Gasteiger partial charge in [0.05, 0.1) is 7.11 Å². The molecule has 0 unspecified atom stereocenters. The molecule has 2 heterocycles. The molecule has 8 heteroatoms. The lowest BCUT2D eigenvalue weighted by Gasteiger charge is -2.16. The third-order valence-electron chi connectivity index (χ3n) is 3.35. The number of halogens is 1. The predicted octanol–water partition coefficient (Wildman–Crippen LogP) is 3.11. The standard InChI is InChI=1S/C16H14FN3O3S/c1-9-18-15(20-23-9)13(10-5-3-4-6-11(10)17)19-16(21)14-12(22-2)7-8-24-14/h3-8,13H,1-2H3,(H,19,21)/t13-/m1/s1. The lowest BCUT2D eigenvalue weighted by atomic mass is 10.1. The number of aryl methyl sites for hydroxylation is 1. The Morgan fingerprint density at radius 1 is 1.38 bits per heavy atom. The molecule has 0 fully saturated rings. The van der Waals surface area contributed by atoms with Crippen LogP contribution in [0.4, 0.5) is 4.39 Å². The van der Waals surface area contributed by atoms with Crippen LogP contribution in [0.3, 0.4) is 0 Å². The van der Waals surface area contributed by atoms with Gasteiger partial charge in [0, 0.05) is 12.5 Å². The maximum atomic E-state index is 14.2. The number of hydrogen-bond donors (Lipinski definition) is 1. The van der Waals surface area contributed by atoms with Crippen LogP contribution in [0.1, 0.15) is 33.0 Å². The van der Waals surface area contributed by atoms with E-state index in [1.54, 1.807) is 36.6 Å². The summed E-state index contributed by atoms with van der Waals surface area (Å²) in [5.41, 5.74) is 0.252. The molecule has 0 aliphatic carbocycles. The summed E-state index contributed by atoms with van der Waals surface area (Å²) in [7, 11) is 1.48. The molecule has 3 rings (SSSR count). The number of carbonyl (C=O) groups is 1. The Bertz CT molecular complexity index is 862. The fraction of sp³-hybridized carbons (Fsp3) is 0.188. The highest BCUT2D eigenvalue weighted by Crippen LogP contribution is 2.27. The Morgan fingerprint density at radius 2 is 2.17 bits per heavy atom. The number of benzene rings is 1. The minimum absolute atomic E-state index is 0.182. The van der Waals surface area contributed by atoms with Gasteiger partial charge in [-0.05, 0) is 17.5 Å². The highest BCUT2D eigenvalue weighted by Gasteiger charge is 2.26. The van der Waals surface area contributed by atoms with Gasteiger partial charge in [0.2, 0.25) is 5.89 Å². The lowest BCUT2D eigenvalue weighted by Crippen LogP contribution is -2.30. The number of ether oxygens (including phenoxy) is 1. The van der Waals surface area contributed by atoms with Crippen molar-refractivity contribution in [1.82, 2.24) is 15.5 Å². The van der Waals surface area contributed by atoms with Crippen LogP contribution in [-0.4, -0.2) is 23.2 Å². The van der Waals surface area contributed by atoms with Gasteiger partial charge < -0.3 is 14.6 Å². The van der Waals surface area contributed by atoms with E-state index in [0.717, 1.165) is 0 Å². The van der Waals surface area contributed by atoms with Gasteiger partial charge in [0.15, 0.2) is 5.82 Å². The van der Waals surface area contributed by atoms with Gasteiger partial charge in [-0.15, -0.1) is 11.3 Å². The van der Waals surface area contributed by atoms with Gasteiger partial charge in [0.25, 0.3) is 5.91 Å². The predicted molar refractivity (Wildman–Crippen MR) is 85.6 cm³/mol. The second-order valence-electron chi connectivity index (χ2n) is 4.92. The van der Waals surface area contributed by atoms with Crippen LogP contribution < -0.4 is 10.1 Å². The molecule has 0 bridgehead atoms. The number of methoxy groups -OCH3 is 1. The molecule has 0 saturated carbocycles. The van der Waals surface area contributed by atoms with Crippen LogP contribution >= 0.6 is 11.3 Å². The van der Waals surface area contributed by atoms with E-state index in [2.05, 4.69) is 15.5 Å². The van der Waals surface area contributed by atoms with Crippen LogP contribution in [0, 0.1) is 12.7 Å². The van der Waals surface area contributed by atoms with Gasteiger partial charge in [-0.1, -0.05) is 23.4 Å². The molecule has 24 heavy (non-hydrogen) atoms. The monoisotopic (exact) mass is 347 g/mol. The quantitative estimate of drug-likeness (QED) is 0.767. The Balaban J connectivity index is 1.97. The van der Waals surface area contributed by atoms with Crippen molar-refractivity contribution in [2.75, 3.05) is 7.11 Å². The van der Waals surface area contributed by atoms with E-state index in [0.29, 0.717) is 16.5 Å². The summed E-state index contributed by atoms with van der Waals surface area (Å²) in [6.07, 6.45) is 0. The number of rotatable bonds is 5. The fourth-order valence-electron chi connectivity index (χ4n) is 2.24. The van der Waals surface area contributed by atoms with Crippen molar-refractivity contribution in [3.05, 3.63) is 63.7 Å². The highest BCUT2D eigenvalue weighted by molar-refractivity contribution is 7.12. The normalized spacial score (nSPS) is 12.0. The third kappa shape index (κ3) is 3.13. The number of thiophene rings is 1. The molecule has 124 valence electrons. The van der Waals surface area contributed by atoms with Gasteiger partial charge in [-0.3, -0.25) is 4.79 Å². The van der Waals surface area contributed by atoms with Crippen LogP contribution in [0.25, 0.3) is 0 Å². The Kier molecular flexibility index (Phi) is 4.57. The second-order valence-corrected chi connectivity index (χ2v) is 5.83. The van der Waals surface area contributed by atoms with Crippen molar-refractivity contribution < 1.29 is 18.4 Å². The van der Waals surface area contributed by atoms with E-state index in [1.165, 1.54) is 24.5 Å². The molecular weight excluding hydrogens is 333 g/mol. The molecule has 1 N–H and O–H groups in total. The van der Waals surface area contributed by atoms with E-state index >= 15 is 0 Å². The first kappa shape index (κ1) is 16.1. The summed E-state index contributed by atoms with van der Waals surface area (Å²) in [6.45, 7) is 1.62. The Labute approximate surface area is 141 Å². The summed E-state index contributed by atoms with van der Waals surface area (Å²) >= 11 is 1.23. The summed E-state index contributed by atoms with van der Waals surface area (Å²) in [5.74, 6) is 0.0887. The first-order valence-electron chi connectivity index (χ1n) is 7.07. The van der Waals surface area contributed by atoms with E-state index in [1.807, 2.05) is 0 Å². The summed E-state index contributed by atoms with van der Waals surface area (Å²) in [5, 5.41) is 8.30. The molecule has 3 aromatic rings. The molecule has 6 nitrogen and oxygen atoms in total. The number of hydrogen-bond acceptors (Lipinski definition) is 6. The van der Waals surface area contributed by atoms with Crippen LogP contribution in [-0.2, 0) is 0 Å². The van der Waals surface area contributed by atoms with Gasteiger partial charge in [0.1, 0.15) is 22.5 Å². The SMILES string of the molecule is COc1ccsc1C(=O)N[C@@H](c1noc(C)n1)c1ccccc1F. The minimum Gasteiger partial charge on any atom is -0.495 e. The summed E-state index contributed by atoms with van der Waals surface area (Å²) in [4.78, 5) is 17.1. The molecule has 0 radical (unpaired) electrons. The van der Waals surface area contributed by atoms with E-state index in [4.69, 9.17) is 9.26 Å². The van der Waals surface area contributed by atoms with E-state index < -0.39 is 17.8 Å². The highest BCUT2D eigenvalue weighted by atomic mass is 32.1. The molecule has 1 atom stereocenters. The van der Waals surface area contributed by atoms with Crippen molar-refractivity contribution in [2.45, 2.75) is 13.0 Å². The summed E-state index contributed by atoms with van der Waals surface area (Å²) < 4.78 is 24.3. The van der Waals surface area contributed by atoms with E-state index in [-0.39, 0.29) is 11.4 Å². The maximum absolute atomic E-state index is 14.2. The second kappa shape index (κ2) is 6.79. The largest absolute Gasteiger partial charge is 0.495 e. The first-order valence-corrected chi connectivity index (χ1v) is 7.95. The average Bonchev–Trinajstić information content (AvgIpc) is 3.22.